The third kappa shape index (κ3) is 4.39. The molecule has 2 aromatic carbocycles. The first-order valence-corrected chi connectivity index (χ1v) is 14.5. The number of hydrogen-bond acceptors (Lipinski definition) is 8. The molecular formula is C32H33F2N7O. The van der Waals surface area contributed by atoms with Crippen molar-refractivity contribution in [3.63, 3.8) is 0 Å². The fourth-order valence-electron chi connectivity index (χ4n) is 7.01. The number of nitrogens with zero attached hydrogens (tertiary/aromatic N) is 6. The van der Waals surface area contributed by atoms with E-state index in [1.54, 1.807) is 6.20 Å². The van der Waals surface area contributed by atoms with Crippen molar-refractivity contribution in [3.8, 4) is 29.4 Å². The van der Waals surface area contributed by atoms with Crippen molar-refractivity contribution >= 4 is 33.4 Å². The van der Waals surface area contributed by atoms with Crippen molar-refractivity contribution in [1.29, 1.82) is 0 Å². The van der Waals surface area contributed by atoms with E-state index in [0.717, 1.165) is 45.3 Å². The number of terminal acetylenes is 1. The Hall–Kier alpha value is -4.07. The number of fused-ring (bicyclic) bond motifs is 4. The maximum Gasteiger partial charge on any atom is 0.228 e. The van der Waals surface area contributed by atoms with Crippen LogP contribution >= 0.6 is 0 Å². The predicted molar refractivity (Wildman–Crippen MR) is 161 cm³/mol. The molecule has 5 heterocycles. The molecule has 0 saturated carbocycles. The van der Waals surface area contributed by atoms with Crippen molar-refractivity contribution in [2.75, 3.05) is 50.1 Å². The summed E-state index contributed by atoms with van der Waals surface area (Å²) in [6.07, 6.45) is 11.7. The molecule has 4 aromatic rings. The van der Waals surface area contributed by atoms with Crippen molar-refractivity contribution in [1.82, 2.24) is 25.2 Å². The van der Waals surface area contributed by atoms with Gasteiger partial charge in [0, 0.05) is 62.0 Å². The van der Waals surface area contributed by atoms with Gasteiger partial charge in [0.05, 0.1) is 10.9 Å². The third-order valence-corrected chi connectivity index (χ3v) is 9.25. The Kier molecular flexibility index (Phi) is 6.59. The summed E-state index contributed by atoms with van der Waals surface area (Å²) in [6, 6.07) is 6.73. The summed E-state index contributed by atoms with van der Waals surface area (Å²) in [6.45, 7) is 3.24. The number of halogens is 2. The summed E-state index contributed by atoms with van der Waals surface area (Å²) in [4.78, 5) is 21.0. The molecule has 10 heteroatoms. The minimum absolute atomic E-state index is 0.00966. The van der Waals surface area contributed by atoms with E-state index in [-0.39, 0.29) is 28.1 Å². The number of benzene rings is 2. The quantitative estimate of drug-likeness (QED) is 0.345. The number of rotatable bonds is 5. The molecule has 0 spiro atoms. The van der Waals surface area contributed by atoms with Gasteiger partial charge in [0.25, 0.3) is 0 Å². The highest BCUT2D eigenvalue weighted by Gasteiger charge is 2.38. The Morgan fingerprint density at radius 3 is 2.64 bits per heavy atom. The lowest BCUT2D eigenvalue weighted by molar-refractivity contribution is 0.211. The SMILES string of the molecule is C#Cc1c(F)ccc2cc(O)cc(-c3ncc4c(N(C)C[C@@H]5CCCN5)nc(N5CC6CCC(C5)N6C)nc4c3F)c12. The smallest absolute Gasteiger partial charge is 0.228 e. The van der Waals surface area contributed by atoms with Crippen LogP contribution in [0, 0.1) is 24.0 Å². The van der Waals surface area contributed by atoms with Crippen LogP contribution in [0.3, 0.4) is 0 Å². The number of hydrogen-bond donors (Lipinski definition) is 2. The standard InChI is InChI=1S/C32H33F2N7O/c1-4-23-26(33)10-7-18-12-22(42)13-24(27(18)23)29-28(34)30-25(14-36-29)31(39(2)15-19-6-5-11-35-19)38-32(37-30)41-16-20-8-9-21(17-41)40(20)3/h1,7,10,12-14,19-21,35,42H,5-6,8-9,11,15-17H2,2-3H3/t19-,20?,21?/m0/s1. The summed E-state index contributed by atoms with van der Waals surface area (Å²) < 4.78 is 31.5. The normalized spacial score (nSPS) is 22.3. The molecular weight excluding hydrogens is 536 g/mol. The molecule has 3 fully saturated rings. The summed E-state index contributed by atoms with van der Waals surface area (Å²) in [5.41, 5.74) is 0.275. The minimum atomic E-state index is -0.666. The predicted octanol–water partition coefficient (Wildman–Crippen LogP) is 4.28. The Bertz CT molecular complexity index is 1740. The van der Waals surface area contributed by atoms with Crippen LogP contribution in [-0.2, 0) is 0 Å². The van der Waals surface area contributed by atoms with Crippen LogP contribution in [0.2, 0.25) is 0 Å². The highest BCUT2D eigenvalue weighted by molar-refractivity contribution is 6.03. The molecule has 3 atom stereocenters. The maximum absolute atomic E-state index is 16.7. The topological polar surface area (TPSA) is 80.7 Å². The lowest BCUT2D eigenvalue weighted by atomic mass is 9.96. The van der Waals surface area contributed by atoms with Crippen molar-refractivity contribution < 1.29 is 13.9 Å². The number of aromatic nitrogens is 3. The monoisotopic (exact) mass is 569 g/mol. The molecule has 3 aliphatic heterocycles. The number of piperazine rings is 1. The van der Waals surface area contributed by atoms with Crippen molar-refractivity contribution in [2.24, 2.45) is 0 Å². The van der Waals surface area contributed by atoms with E-state index in [2.05, 4.69) is 38.0 Å². The van der Waals surface area contributed by atoms with Crippen LogP contribution in [-0.4, -0.2) is 83.4 Å². The van der Waals surface area contributed by atoms with Crippen LogP contribution in [0.25, 0.3) is 32.9 Å². The van der Waals surface area contributed by atoms with E-state index >= 15 is 4.39 Å². The fraction of sp³-hybridized carbons (Fsp3) is 0.406. The molecule has 2 bridgehead atoms. The second-order valence-electron chi connectivity index (χ2n) is 11.8. The van der Waals surface area contributed by atoms with E-state index in [0.29, 0.717) is 52.6 Å². The number of aromatic hydroxyl groups is 1. The highest BCUT2D eigenvalue weighted by atomic mass is 19.1. The molecule has 8 nitrogen and oxygen atoms in total. The van der Waals surface area contributed by atoms with Gasteiger partial charge in [-0.15, -0.1) is 6.42 Å². The Morgan fingerprint density at radius 1 is 1.14 bits per heavy atom. The first-order valence-electron chi connectivity index (χ1n) is 14.5. The van der Waals surface area contributed by atoms with Crippen LogP contribution in [0.4, 0.5) is 20.5 Å². The second kappa shape index (κ2) is 10.3. The van der Waals surface area contributed by atoms with Crippen molar-refractivity contribution in [3.05, 3.63) is 47.7 Å². The first-order chi connectivity index (χ1) is 20.3. The fourth-order valence-corrected chi connectivity index (χ4v) is 7.01. The molecule has 2 unspecified atom stereocenters. The molecule has 3 aliphatic rings. The zero-order chi connectivity index (χ0) is 29.1. The average Bonchev–Trinajstić information content (AvgIpc) is 3.55. The molecule has 0 amide bonds. The molecule has 3 saturated heterocycles. The summed E-state index contributed by atoms with van der Waals surface area (Å²) in [5.74, 6) is 2.13. The number of nitrogens with one attached hydrogen (secondary N) is 1. The molecule has 2 aromatic heterocycles. The van der Waals surface area contributed by atoms with Crippen LogP contribution in [0.1, 0.15) is 31.2 Å². The van der Waals surface area contributed by atoms with E-state index in [9.17, 15) is 9.50 Å². The largest absolute Gasteiger partial charge is 0.508 e. The average molecular weight is 570 g/mol. The van der Waals surface area contributed by atoms with Gasteiger partial charge in [-0.05, 0) is 62.9 Å². The summed E-state index contributed by atoms with van der Waals surface area (Å²) >= 11 is 0. The Labute approximate surface area is 243 Å². The summed E-state index contributed by atoms with van der Waals surface area (Å²) in [5, 5.41) is 15.3. The van der Waals surface area contributed by atoms with Crippen molar-refractivity contribution in [2.45, 2.75) is 43.8 Å². The number of phenolic OH excluding ortho intramolecular Hbond substituents is 1. The maximum atomic E-state index is 16.7. The Balaban J connectivity index is 1.42. The van der Waals surface area contributed by atoms with Gasteiger partial charge in [0.1, 0.15) is 28.6 Å². The number of phenols is 1. The lowest BCUT2D eigenvalue weighted by Gasteiger charge is -2.39. The summed E-state index contributed by atoms with van der Waals surface area (Å²) in [7, 11) is 4.13. The van der Waals surface area contributed by atoms with Crippen LogP contribution in [0.5, 0.6) is 5.75 Å². The second-order valence-corrected chi connectivity index (χ2v) is 11.8. The molecule has 2 N–H and O–H groups in total. The van der Waals surface area contributed by atoms with Gasteiger partial charge in [-0.25, -0.2) is 13.8 Å². The molecule has 42 heavy (non-hydrogen) atoms. The molecule has 0 radical (unpaired) electrons. The Morgan fingerprint density at radius 2 is 1.93 bits per heavy atom. The number of anilines is 2. The van der Waals surface area contributed by atoms with Gasteiger partial charge in [0.2, 0.25) is 5.95 Å². The zero-order valence-electron chi connectivity index (χ0n) is 23.7. The van der Waals surface area contributed by atoms with E-state index in [4.69, 9.17) is 16.4 Å². The molecule has 0 aliphatic carbocycles. The van der Waals surface area contributed by atoms with Gasteiger partial charge in [-0.1, -0.05) is 12.0 Å². The zero-order valence-corrected chi connectivity index (χ0v) is 23.7. The molecule has 216 valence electrons. The van der Waals surface area contributed by atoms with E-state index in [1.165, 1.54) is 24.3 Å². The van der Waals surface area contributed by atoms with E-state index < -0.39 is 11.6 Å². The first kappa shape index (κ1) is 26.8. The highest BCUT2D eigenvalue weighted by Crippen LogP contribution is 2.39. The van der Waals surface area contributed by atoms with Gasteiger partial charge < -0.3 is 20.2 Å². The van der Waals surface area contributed by atoms with Gasteiger partial charge in [-0.3, -0.25) is 9.88 Å². The molecule has 7 rings (SSSR count). The lowest BCUT2D eigenvalue weighted by Crippen LogP contribution is -2.52. The third-order valence-electron chi connectivity index (χ3n) is 9.25. The van der Waals surface area contributed by atoms with E-state index in [1.807, 2.05) is 7.05 Å². The van der Waals surface area contributed by atoms with Gasteiger partial charge in [-0.2, -0.15) is 4.98 Å². The van der Waals surface area contributed by atoms with Gasteiger partial charge in [0.15, 0.2) is 5.82 Å². The van der Waals surface area contributed by atoms with Crippen LogP contribution in [0.15, 0.2) is 30.5 Å². The van der Waals surface area contributed by atoms with Gasteiger partial charge >= 0.3 is 0 Å². The van der Waals surface area contributed by atoms with Crippen LogP contribution < -0.4 is 15.1 Å². The number of pyridine rings is 1. The minimum Gasteiger partial charge on any atom is -0.508 e. The number of likely N-dealkylation sites (N-methyl/N-ethyl adjacent to an activating group) is 2.